The molecule has 3 rings (SSSR count). The number of anilines is 1. The number of para-hydroxylation sites is 1. The molecule has 172 valence electrons. The average Bonchev–Trinajstić information content (AvgIpc) is 3.52. The van der Waals surface area contributed by atoms with E-state index in [0.717, 1.165) is 18.4 Å². The number of carbonyl (C=O) groups excluding carboxylic acids is 3. The average molecular weight is 469 g/mol. The normalized spacial score (nSPS) is 12.9. The maximum atomic E-state index is 12.7. The van der Waals surface area contributed by atoms with Gasteiger partial charge in [0.05, 0.1) is 19.3 Å². The van der Waals surface area contributed by atoms with Gasteiger partial charge in [0.2, 0.25) is 0 Å². The van der Waals surface area contributed by atoms with E-state index in [0.29, 0.717) is 10.6 Å². The van der Waals surface area contributed by atoms with Gasteiger partial charge in [-0.15, -0.1) is 11.3 Å². The van der Waals surface area contributed by atoms with E-state index >= 15 is 0 Å². The van der Waals surface area contributed by atoms with Crippen LogP contribution < -0.4 is 14.8 Å². The standard InChI is InChI=1S/C21H21F2NO7S/c1-3-29-20(27)16-13(11-7-8-11)10-32-18(16)24-15(25)9-30-19(26)12-5-4-6-14(28-2)17(12)31-21(22)23/h4-6,10-11,21H,3,7-9H2,1-2H3,(H,24,25). The molecule has 1 N–H and O–H groups in total. The van der Waals surface area contributed by atoms with Gasteiger partial charge in [-0.05, 0) is 48.8 Å². The molecule has 0 bridgehead atoms. The first kappa shape index (κ1) is 23.5. The number of thiophene rings is 1. The molecule has 32 heavy (non-hydrogen) atoms. The third-order valence-corrected chi connectivity index (χ3v) is 5.44. The van der Waals surface area contributed by atoms with E-state index in [2.05, 4.69) is 10.1 Å². The van der Waals surface area contributed by atoms with Gasteiger partial charge in [0.1, 0.15) is 10.6 Å². The molecular weight excluding hydrogens is 448 g/mol. The molecule has 0 spiro atoms. The molecule has 11 heteroatoms. The van der Waals surface area contributed by atoms with Gasteiger partial charge in [0.25, 0.3) is 5.91 Å². The van der Waals surface area contributed by atoms with Crippen molar-refractivity contribution in [3.8, 4) is 11.5 Å². The summed E-state index contributed by atoms with van der Waals surface area (Å²) >= 11 is 1.18. The van der Waals surface area contributed by atoms with Crippen LogP contribution >= 0.6 is 11.3 Å². The molecule has 2 aromatic rings. The van der Waals surface area contributed by atoms with Gasteiger partial charge in [-0.1, -0.05) is 6.07 Å². The lowest BCUT2D eigenvalue weighted by atomic mass is 10.1. The van der Waals surface area contributed by atoms with Crippen LogP contribution in [0.15, 0.2) is 23.6 Å². The van der Waals surface area contributed by atoms with Crippen LogP contribution in [-0.2, 0) is 14.3 Å². The number of carbonyl (C=O) groups is 3. The van der Waals surface area contributed by atoms with E-state index < -0.39 is 36.8 Å². The molecule has 0 saturated heterocycles. The second-order valence-corrected chi connectivity index (χ2v) is 7.61. The molecule has 8 nitrogen and oxygen atoms in total. The summed E-state index contributed by atoms with van der Waals surface area (Å²) in [5, 5.41) is 4.66. The second kappa shape index (κ2) is 10.4. The fourth-order valence-electron chi connectivity index (χ4n) is 2.99. The summed E-state index contributed by atoms with van der Waals surface area (Å²) in [6.45, 7) is -2.03. The molecule has 0 atom stereocenters. The summed E-state index contributed by atoms with van der Waals surface area (Å²) in [7, 11) is 1.23. The van der Waals surface area contributed by atoms with Crippen molar-refractivity contribution >= 4 is 34.2 Å². The van der Waals surface area contributed by atoms with Crippen molar-refractivity contribution in [1.29, 1.82) is 0 Å². The number of alkyl halides is 2. The molecule has 0 aliphatic heterocycles. The quantitative estimate of drug-likeness (QED) is 0.521. The van der Waals surface area contributed by atoms with Crippen LogP contribution in [0, 0.1) is 0 Å². The number of hydrogen-bond acceptors (Lipinski definition) is 8. The topological polar surface area (TPSA) is 100 Å². The molecule has 1 amide bonds. The molecule has 1 aromatic carbocycles. The smallest absolute Gasteiger partial charge is 0.387 e. The number of ether oxygens (including phenoxy) is 4. The largest absolute Gasteiger partial charge is 0.493 e. The molecule has 0 unspecified atom stereocenters. The van der Waals surface area contributed by atoms with Gasteiger partial charge in [-0.3, -0.25) is 4.79 Å². The van der Waals surface area contributed by atoms with E-state index in [1.165, 1.54) is 36.6 Å². The highest BCUT2D eigenvalue weighted by molar-refractivity contribution is 7.15. The second-order valence-electron chi connectivity index (χ2n) is 6.73. The molecule has 1 aromatic heterocycles. The monoisotopic (exact) mass is 469 g/mol. The fourth-order valence-corrected chi connectivity index (χ4v) is 4.04. The Hall–Kier alpha value is -3.21. The number of benzene rings is 1. The van der Waals surface area contributed by atoms with Crippen LogP contribution in [0.25, 0.3) is 0 Å². The van der Waals surface area contributed by atoms with E-state index in [-0.39, 0.29) is 23.8 Å². The van der Waals surface area contributed by atoms with Crippen molar-refractivity contribution in [2.45, 2.75) is 32.3 Å². The highest BCUT2D eigenvalue weighted by Gasteiger charge is 2.32. The Balaban J connectivity index is 1.68. The van der Waals surface area contributed by atoms with Gasteiger partial charge in [0.15, 0.2) is 18.1 Å². The lowest BCUT2D eigenvalue weighted by Gasteiger charge is -2.14. The van der Waals surface area contributed by atoms with E-state index in [1.54, 1.807) is 12.3 Å². The minimum Gasteiger partial charge on any atom is -0.493 e. The Morgan fingerprint density at radius 2 is 1.94 bits per heavy atom. The number of halogens is 2. The lowest BCUT2D eigenvalue weighted by molar-refractivity contribution is -0.119. The summed E-state index contributed by atoms with van der Waals surface area (Å²) in [6.07, 6.45) is 1.91. The van der Waals surface area contributed by atoms with Crippen molar-refractivity contribution < 1.29 is 42.1 Å². The zero-order chi connectivity index (χ0) is 23.3. The minimum atomic E-state index is -3.19. The molecule has 1 heterocycles. The predicted octanol–water partition coefficient (Wildman–Crippen LogP) is 4.21. The van der Waals surface area contributed by atoms with Crippen LogP contribution in [0.2, 0.25) is 0 Å². The molecule has 0 radical (unpaired) electrons. The summed E-state index contributed by atoms with van der Waals surface area (Å²) in [5.74, 6) is -2.61. The van der Waals surface area contributed by atoms with Crippen molar-refractivity contribution in [2.75, 3.05) is 25.6 Å². The summed E-state index contributed by atoms with van der Waals surface area (Å²) in [4.78, 5) is 37.1. The number of methoxy groups -OCH3 is 1. The number of nitrogens with one attached hydrogen (secondary N) is 1. The van der Waals surface area contributed by atoms with Crippen molar-refractivity contribution in [3.05, 3.63) is 40.3 Å². The Morgan fingerprint density at radius 1 is 1.19 bits per heavy atom. The number of esters is 2. The van der Waals surface area contributed by atoms with E-state index in [4.69, 9.17) is 14.2 Å². The predicted molar refractivity (Wildman–Crippen MR) is 111 cm³/mol. The zero-order valence-corrected chi connectivity index (χ0v) is 18.1. The SMILES string of the molecule is CCOC(=O)c1c(C2CC2)csc1NC(=O)COC(=O)c1cccc(OC)c1OC(F)F. The van der Waals surface area contributed by atoms with Crippen LogP contribution in [0.3, 0.4) is 0 Å². The van der Waals surface area contributed by atoms with Crippen LogP contribution in [0.4, 0.5) is 13.8 Å². The minimum absolute atomic E-state index is 0.0885. The third kappa shape index (κ3) is 5.52. The van der Waals surface area contributed by atoms with Crippen LogP contribution in [0.1, 0.15) is 52.0 Å². The first-order valence-electron chi connectivity index (χ1n) is 9.72. The number of amides is 1. The maximum Gasteiger partial charge on any atom is 0.387 e. The van der Waals surface area contributed by atoms with Crippen molar-refractivity contribution in [1.82, 2.24) is 0 Å². The number of hydrogen-bond donors (Lipinski definition) is 1. The zero-order valence-electron chi connectivity index (χ0n) is 17.3. The summed E-state index contributed by atoms with van der Waals surface area (Å²) < 4.78 is 44.8. The molecule has 1 aliphatic rings. The van der Waals surface area contributed by atoms with Crippen LogP contribution in [0.5, 0.6) is 11.5 Å². The fraction of sp³-hybridized carbons (Fsp3) is 0.381. The Labute approximate surface area is 186 Å². The molecule has 1 aliphatic carbocycles. The number of rotatable bonds is 10. The molecule has 1 fully saturated rings. The first-order valence-corrected chi connectivity index (χ1v) is 10.6. The Kier molecular flexibility index (Phi) is 7.62. The molecular formula is C21H21F2NO7S. The first-order chi connectivity index (χ1) is 15.3. The maximum absolute atomic E-state index is 12.7. The van der Waals surface area contributed by atoms with Gasteiger partial charge < -0.3 is 24.3 Å². The molecule has 1 saturated carbocycles. The van der Waals surface area contributed by atoms with Gasteiger partial charge in [0, 0.05) is 0 Å². The third-order valence-electron chi connectivity index (χ3n) is 4.53. The van der Waals surface area contributed by atoms with Crippen molar-refractivity contribution in [3.63, 3.8) is 0 Å². The summed E-state index contributed by atoms with van der Waals surface area (Å²) in [6, 6.07) is 3.94. The lowest BCUT2D eigenvalue weighted by Crippen LogP contribution is -2.22. The highest BCUT2D eigenvalue weighted by Crippen LogP contribution is 2.46. The summed E-state index contributed by atoms with van der Waals surface area (Å²) in [5.41, 5.74) is 0.808. The van der Waals surface area contributed by atoms with E-state index in [9.17, 15) is 23.2 Å². The van der Waals surface area contributed by atoms with Crippen molar-refractivity contribution in [2.24, 2.45) is 0 Å². The highest BCUT2D eigenvalue weighted by atomic mass is 32.1. The van der Waals surface area contributed by atoms with Gasteiger partial charge in [-0.2, -0.15) is 8.78 Å². The Morgan fingerprint density at radius 3 is 2.56 bits per heavy atom. The van der Waals surface area contributed by atoms with Gasteiger partial charge in [-0.25, -0.2) is 9.59 Å². The van der Waals surface area contributed by atoms with Crippen LogP contribution in [-0.4, -0.2) is 44.8 Å². The van der Waals surface area contributed by atoms with Gasteiger partial charge >= 0.3 is 18.6 Å². The van der Waals surface area contributed by atoms with E-state index in [1.807, 2.05) is 0 Å². The Bertz CT molecular complexity index is 1000.